The summed E-state index contributed by atoms with van der Waals surface area (Å²) in [7, 11) is 0. The predicted molar refractivity (Wildman–Crippen MR) is 141 cm³/mol. The second-order valence-electron chi connectivity index (χ2n) is 10.0. The van der Waals surface area contributed by atoms with E-state index in [2.05, 4.69) is 16.0 Å². The predicted octanol–water partition coefficient (Wildman–Crippen LogP) is 4.10. The van der Waals surface area contributed by atoms with Gasteiger partial charge in [-0.1, -0.05) is 35.3 Å². The average molecular weight is 561 g/mol. The van der Waals surface area contributed by atoms with E-state index in [1.807, 2.05) is 32.0 Å². The first-order valence-electron chi connectivity index (χ1n) is 11.9. The summed E-state index contributed by atoms with van der Waals surface area (Å²) in [6.07, 6.45) is 6.84. The summed E-state index contributed by atoms with van der Waals surface area (Å²) >= 11 is 19.3. The van der Waals surface area contributed by atoms with Gasteiger partial charge in [0.05, 0.1) is 22.6 Å². The van der Waals surface area contributed by atoms with Gasteiger partial charge in [-0.15, -0.1) is 11.6 Å². The molecule has 7 nitrogen and oxygen atoms in total. The van der Waals surface area contributed by atoms with Crippen molar-refractivity contribution in [3.05, 3.63) is 80.7 Å². The maximum Gasteiger partial charge on any atom is 0.254 e. The number of hydrogen-bond acceptors (Lipinski definition) is 4. The van der Waals surface area contributed by atoms with Crippen LogP contribution in [0.5, 0.6) is 0 Å². The van der Waals surface area contributed by atoms with Crippen LogP contribution in [0.25, 0.3) is 0 Å². The summed E-state index contributed by atoms with van der Waals surface area (Å²) in [6, 6.07) is 5.66. The zero-order valence-electron chi connectivity index (χ0n) is 20.0. The van der Waals surface area contributed by atoms with E-state index in [4.69, 9.17) is 34.8 Å². The molecule has 3 aliphatic carbocycles. The molecule has 2 fully saturated rings. The number of fused-ring (bicyclic) bond motifs is 1. The summed E-state index contributed by atoms with van der Waals surface area (Å²) in [6.45, 7) is 3.77. The van der Waals surface area contributed by atoms with E-state index < -0.39 is 28.5 Å². The molecule has 0 radical (unpaired) electrons. The number of alkyl halides is 1. The molecule has 5 rings (SSSR count). The van der Waals surface area contributed by atoms with Crippen LogP contribution >= 0.6 is 34.8 Å². The Bertz CT molecular complexity index is 1350. The summed E-state index contributed by atoms with van der Waals surface area (Å²) in [4.78, 5) is 49.3. The minimum atomic E-state index is -0.756. The van der Waals surface area contributed by atoms with Crippen molar-refractivity contribution in [2.45, 2.75) is 37.5 Å². The third-order valence-electron chi connectivity index (χ3n) is 7.31. The summed E-state index contributed by atoms with van der Waals surface area (Å²) in [5.41, 5.74) is 3.36. The first kappa shape index (κ1) is 25.8. The van der Waals surface area contributed by atoms with E-state index in [-0.39, 0.29) is 36.5 Å². The summed E-state index contributed by atoms with van der Waals surface area (Å²) in [5.74, 6) is -3.37. The van der Waals surface area contributed by atoms with Crippen molar-refractivity contribution in [1.82, 2.24) is 16.0 Å². The van der Waals surface area contributed by atoms with Gasteiger partial charge in [0.15, 0.2) is 0 Å². The lowest BCUT2D eigenvalue weighted by Crippen LogP contribution is -2.36. The number of benzene rings is 1. The van der Waals surface area contributed by atoms with Crippen LogP contribution in [0.1, 0.15) is 36.8 Å². The van der Waals surface area contributed by atoms with Crippen LogP contribution in [0, 0.1) is 24.7 Å². The molecule has 1 aromatic carbocycles. The molecule has 5 atom stereocenters. The normalized spacial score (nSPS) is 30.3. The van der Waals surface area contributed by atoms with Crippen molar-refractivity contribution in [2.24, 2.45) is 17.8 Å². The minimum Gasteiger partial charge on any atom is -0.329 e. The number of halogens is 3. The first-order valence-corrected chi connectivity index (χ1v) is 13.0. The smallest absolute Gasteiger partial charge is 0.254 e. The first-order chi connectivity index (χ1) is 17.5. The molecule has 1 aromatic rings. The molecule has 3 N–H and O–H groups in total. The second kappa shape index (κ2) is 9.46. The molecule has 4 amide bonds. The largest absolute Gasteiger partial charge is 0.329 e. The monoisotopic (exact) mass is 559 g/mol. The number of imide groups is 1. The Kier molecular flexibility index (Phi) is 6.59. The number of rotatable bonds is 5. The van der Waals surface area contributed by atoms with Crippen molar-refractivity contribution in [2.75, 3.05) is 0 Å². The molecule has 1 saturated carbocycles. The minimum absolute atomic E-state index is 0.190. The Balaban J connectivity index is 1.23. The molecule has 1 heterocycles. The highest BCUT2D eigenvalue weighted by Gasteiger charge is 2.65. The van der Waals surface area contributed by atoms with E-state index >= 15 is 0 Å². The number of aryl methyl sites for hydroxylation is 1. The third-order valence-corrected chi connectivity index (χ3v) is 8.39. The molecule has 0 aromatic heterocycles. The van der Waals surface area contributed by atoms with Gasteiger partial charge in [0.1, 0.15) is 0 Å². The molecule has 1 aliphatic heterocycles. The number of allylic oxidation sites excluding steroid dienone is 6. The number of nitrogens with one attached hydrogen (secondary N) is 3. The van der Waals surface area contributed by atoms with E-state index in [1.54, 1.807) is 24.3 Å². The van der Waals surface area contributed by atoms with Crippen molar-refractivity contribution < 1.29 is 19.2 Å². The zero-order chi connectivity index (χ0) is 26.6. The van der Waals surface area contributed by atoms with Gasteiger partial charge in [-0.2, -0.15) is 0 Å². The van der Waals surface area contributed by atoms with Crippen LogP contribution in [0.2, 0.25) is 5.02 Å². The lowest BCUT2D eigenvalue weighted by Gasteiger charge is -2.23. The van der Waals surface area contributed by atoms with Gasteiger partial charge in [0, 0.05) is 45.8 Å². The lowest BCUT2D eigenvalue weighted by atomic mass is 9.91. The fourth-order valence-corrected chi connectivity index (χ4v) is 6.31. The molecule has 5 unspecified atom stereocenters. The van der Waals surface area contributed by atoms with Gasteiger partial charge in [-0.3, -0.25) is 24.5 Å². The Morgan fingerprint density at radius 1 is 0.973 bits per heavy atom. The molecule has 0 bridgehead atoms. The molecule has 4 aliphatic rings. The van der Waals surface area contributed by atoms with Crippen LogP contribution in [-0.4, -0.2) is 28.5 Å². The van der Waals surface area contributed by atoms with Gasteiger partial charge in [-0.25, -0.2) is 0 Å². The van der Waals surface area contributed by atoms with Gasteiger partial charge < -0.3 is 10.6 Å². The highest BCUT2D eigenvalue weighted by atomic mass is 35.5. The molecule has 192 valence electrons. The van der Waals surface area contributed by atoms with E-state index in [1.165, 1.54) is 0 Å². The maximum absolute atomic E-state index is 13.2. The number of carbonyl (C=O) groups is 4. The van der Waals surface area contributed by atoms with Crippen LogP contribution in [-0.2, 0) is 19.2 Å². The average Bonchev–Trinajstić information content (AvgIpc) is 3.29. The number of carbonyl (C=O) groups excluding carboxylic acids is 4. The number of amides is 4. The Hall–Kier alpha value is -2.87. The van der Waals surface area contributed by atoms with Gasteiger partial charge >= 0.3 is 0 Å². The highest BCUT2D eigenvalue weighted by molar-refractivity contribution is 6.32. The van der Waals surface area contributed by atoms with E-state index in [0.717, 1.165) is 11.1 Å². The van der Waals surface area contributed by atoms with Crippen molar-refractivity contribution >= 4 is 58.4 Å². The topological polar surface area (TPSA) is 104 Å². The Labute approximate surface area is 229 Å². The second-order valence-corrected chi connectivity index (χ2v) is 11.7. The van der Waals surface area contributed by atoms with Crippen LogP contribution in [0.3, 0.4) is 0 Å². The molecular weight excluding hydrogens is 537 g/mol. The standard InChI is InChI=1S/C27H24Cl3N3O4/c1-12-7-13(9-14(28)8-12)21-22(27(21,2)30)26(37)32-16-4-6-20(29)19(11-16)25(36)31-15-3-5-17-18(10-15)24(35)33-23(17)34/h3-9,18-19,21-22H,10-11H2,1-2H3,(H,31,36)(H,32,37)(H,33,34,35). The third kappa shape index (κ3) is 4.88. The van der Waals surface area contributed by atoms with Gasteiger partial charge in [-0.05, 0) is 55.3 Å². The summed E-state index contributed by atoms with van der Waals surface area (Å²) in [5, 5.41) is 8.94. The van der Waals surface area contributed by atoms with Crippen LogP contribution in [0.4, 0.5) is 0 Å². The zero-order valence-corrected chi connectivity index (χ0v) is 22.3. The van der Waals surface area contributed by atoms with Gasteiger partial charge in [0.2, 0.25) is 17.7 Å². The fourth-order valence-electron chi connectivity index (χ4n) is 5.36. The molecule has 1 saturated heterocycles. The van der Waals surface area contributed by atoms with Gasteiger partial charge in [0.25, 0.3) is 5.91 Å². The van der Waals surface area contributed by atoms with Crippen molar-refractivity contribution in [1.29, 1.82) is 0 Å². The molecule has 0 spiro atoms. The molecule has 37 heavy (non-hydrogen) atoms. The lowest BCUT2D eigenvalue weighted by molar-refractivity contribution is -0.126. The SMILES string of the molecule is Cc1cc(Cl)cc(C2C(C(=O)NC3=CC=C(Cl)C(C(=O)NC4=CC=C5C(=O)NC(=O)C5C4)C3)C2(C)Cl)c1. The summed E-state index contributed by atoms with van der Waals surface area (Å²) < 4.78 is 0. The molecular formula is C27H24Cl3N3O4. The Morgan fingerprint density at radius 2 is 1.65 bits per heavy atom. The van der Waals surface area contributed by atoms with E-state index in [9.17, 15) is 19.2 Å². The quantitative estimate of drug-likeness (QED) is 0.372. The molecule has 10 heteroatoms. The van der Waals surface area contributed by atoms with Crippen LogP contribution in [0.15, 0.2) is 64.5 Å². The Morgan fingerprint density at radius 3 is 2.38 bits per heavy atom. The fraction of sp³-hybridized carbons (Fsp3) is 0.333. The number of hydrogen-bond donors (Lipinski definition) is 3. The van der Waals surface area contributed by atoms with Crippen molar-refractivity contribution in [3.63, 3.8) is 0 Å². The maximum atomic E-state index is 13.2. The van der Waals surface area contributed by atoms with Crippen molar-refractivity contribution in [3.8, 4) is 0 Å². The van der Waals surface area contributed by atoms with E-state index in [0.29, 0.717) is 27.0 Å². The van der Waals surface area contributed by atoms with Crippen LogP contribution < -0.4 is 16.0 Å². The highest BCUT2D eigenvalue weighted by Crippen LogP contribution is 2.62.